The molecule has 1 N–H and O–H groups in total. The Bertz CT molecular complexity index is 865. The van der Waals surface area contributed by atoms with Crippen LogP contribution in [0.15, 0.2) is 48.5 Å². The Kier molecular flexibility index (Phi) is 4.97. The van der Waals surface area contributed by atoms with Gasteiger partial charge in [0.1, 0.15) is 0 Å². The molecule has 0 radical (unpaired) electrons. The number of hydrogen-bond acceptors (Lipinski definition) is 4. The van der Waals surface area contributed by atoms with Gasteiger partial charge in [-0.1, -0.05) is 36.4 Å². The summed E-state index contributed by atoms with van der Waals surface area (Å²) in [6, 6.07) is 12.4. The van der Waals surface area contributed by atoms with Crippen LogP contribution in [0.25, 0.3) is 0 Å². The lowest BCUT2D eigenvalue weighted by molar-refractivity contribution is -0.384. The number of hydrogen-bond donors (Lipinski definition) is 1. The van der Waals surface area contributed by atoms with Gasteiger partial charge in [-0.15, -0.1) is 0 Å². The predicted molar refractivity (Wildman–Crippen MR) is 93.7 cm³/mol. The highest BCUT2D eigenvalue weighted by molar-refractivity contribution is 5.85. The van der Waals surface area contributed by atoms with Crippen molar-refractivity contribution in [1.82, 2.24) is 4.90 Å². The van der Waals surface area contributed by atoms with Crippen molar-refractivity contribution in [1.29, 1.82) is 0 Å². The van der Waals surface area contributed by atoms with Gasteiger partial charge in [0.25, 0.3) is 5.69 Å². The molecule has 26 heavy (non-hydrogen) atoms. The second kappa shape index (κ2) is 7.35. The zero-order valence-corrected chi connectivity index (χ0v) is 14.0. The van der Waals surface area contributed by atoms with Crippen LogP contribution >= 0.6 is 0 Å². The number of amides is 1. The van der Waals surface area contributed by atoms with Crippen LogP contribution in [0.3, 0.4) is 0 Å². The maximum Gasteiger partial charge on any atom is 0.331 e. The molecular weight excluding hydrogens is 336 g/mol. The molecule has 2 aromatic rings. The van der Waals surface area contributed by atoms with Crippen LogP contribution in [0.4, 0.5) is 5.69 Å². The summed E-state index contributed by atoms with van der Waals surface area (Å²) in [5.41, 5.74) is 2.25. The average molecular weight is 354 g/mol. The number of aryl methyl sites for hydroxylation is 1. The van der Waals surface area contributed by atoms with Crippen molar-refractivity contribution < 1.29 is 19.6 Å². The summed E-state index contributed by atoms with van der Waals surface area (Å²) in [5, 5.41) is 20.5. The van der Waals surface area contributed by atoms with Crippen LogP contribution in [0.5, 0.6) is 0 Å². The highest BCUT2D eigenvalue weighted by Crippen LogP contribution is 2.30. The lowest BCUT2D eigenvalue weighted by Gasteiger charge is -2.34. The van der Waals surface area contributed by atoms with E-state index in [2.05, 4.69) is 0 Å². The number of aliphatic carboxylic acids is 1. The summed E-state index contributed by atoms with van der Waals surface area (Å²) >= 11 is 0. The topological polar surface area (TPSA) is 101 Å². The van der Waals surface area contributed by atoms with Crippen LogP contribution in [-0.4, -0.2) is 33.4 Å². The Labute approximate surface area is 150 Å². The number of nitro benzene ring substituents is 1. The van der Waals surface area contributed by atoms with Gasteiger partial charge in [-0.05, 0) is 29.5 Å². The Hall–Kier alpha value is -3.22. The molecular formula is C19H18N2O5. The number of nitro groups is 1. The Morgan fingerprint density at radius 2 is 1.96 bits per heavy atom. The first-order valence-electron chi connectivity index (χ1n) is 8.31. The van der Waals surface area contributed by atoms with E-state index in [1.54, 1.807) is 24.3 Å². The summed E-state index contributed by atoms with van der Waals surface area (Å²) in [6.45, 7) is 0.349. The predicted octanol–water partition coefficient (Wildman–Crippen LogP) is 2.74. The molecule has 0 fully saturated rings. The molecule has 0 bridgehead atoms. The van der Waals surface area contributed by atoms with Gasteiger partial charge in [0, 0.05) is 25.1 Å². The van der Waals surface area contributed by atoms with E-state index in [9.17, 15) is 24.8 Å². The molecule has 2 aromatic carbocycles. The number of rotatable bonds is 5. The molecule has 1 aliphatic heterocycles. The molecule has 134 valence electrons. The third-order valence-corrected chi connectivity index (χ3v) is 4.59. The molecule has 0 saturated heterocycles. The molecule has 7 nitrogen and oxygen atoms in total. The molecule has 7 heteroatoms. The van der Waals surface area contributed by atoms with Crippen LogP contribution in [0.1, 0.15) is 29.2 Å². The molecule has 0 saturated carbocycles. The van der Waals surface area contributed by atoms with Crippen molar-refractivity contribution in [3.8, 4) is 0 Å². The molecule has 0 aliphatic carbocycles. The van der Waals surface area contributed by atoms with Gasteiger partial charge in [-0.2, -0.15) is 0 Å². The van der Waals surface area contributed by atoms with E-state index in [-0.39, 0.29) is 18.0 Å². The lowest BCUT2D eigenvalue weighted by atomic mass is 9.92. The number of carbonyl (C=O) groups is 2. The van der Waals surface area contributed by atoms with E-state index in [4.69, 9.17) is 0 Å². The van der Waals surface area contributed by atoms with Crippen molar-refractivity contribution in [2.24, 2.45) is 0 Å². The molecule has 3 rings (SSSR count). The largest absolute Gasteiger partial charge is 0.479 e. The van der Waals surface area contributed by atoms with E-state index < -0.39 is 16.9 Å². The first-order valence-corrected chi connectivity index (χ1v) is 8.31. The Morgan fingerprint density at radius 3 is 2.69 bits per heavy atom. The molecule has 1 atom stereocenters. The Balaban J connectivity index is 1.74. The lowest BCUT2D eigenvalue weighted by Crippen LogP contribution is -2.43. The number of nitrogens with zero attached hydrogens (tertiary/aromatic N) is 2. The highest BCUT2D eigenvalue weighted by atomic mass is 16.6. The fourth-order valence-corrected chi connectivity index (χ4v) is 3.32. The number of non-ortho nitro benzene ring substituents is 1. The minimum Gasteiger partial charge on any atom is -0.479 e. The van der Waals surface area contributed by atoms with Gasteiger partial charge in [0.2, 0.25) is 5.91 Å². The van der Waals surface area contributed by atoms with Crippen LogP contribution in [0.2, 0.25) is 0 Å². The first kappa shape index (κ1) is 17.6. The highest BCUT2D eigenvalue weighted by Gasteiger charge is 2.35. The first-order chi connectivity index (χ1) is 12.5. The smallest absolute Gasteiger partial charge is 0.331 e. The van der Waals surface area contributed by atoms with Crippen molar-refractivity contribution in [3.05, 3.63) is 75.3 Å². The molecule has 0 aromatic heterocycles. The molecule has 1 aliphatic rings. The zero-order chi connectivity index (χ0) is 18.7. The monoisotopic (exact) mass is 354 g/mol. The van der Waals surface area contributed by atoms with Gasteiger partial charge in [0.05, 0.1) is 4.92 Å². The average Bonchev–Trinajstić information content (AvgIpc) is 2.65. The third-order valence-electron chi connectivity index (χ3n) is 4.59. The minimum atomic E-state index is -1.05. The van der Waals surface area contributed by atoms with Gasteiger partial charge in [-0.25, -0.2) is 4.79 Å². The maximum atomic E-state index is 12.6. The summed E-state index contributed by atoms with van der Waals surface area (Å²) in [6.07, 6.45) is 1.04. The normalized spacial score (nSPS) is 16.0. The summed E-state index contributed by atoms with van der Waals surface area (Å²) in [7, 11) is 0. The van der Waals surface area contributed by atoms with Gasteiger partial charge >= 0.3 is 5.97 Å². The second-order valence-electron chi connectivity index (χ2n) is 6.20. The van der Waals surface area contributed by atoms with Crippen molar-refractivity contribution in [3.63, 3.8) is 0 Å². The number of carboxylic acids is 1. The van der Waals surface area contributed by atoms with E-state index in [1.165, 1.54) is 17.0 Å². The zero-order valence-electron chi connectivity index (χ0n) is 14.0. The van der Waals surface area contributed by atoms with Crippen LogP contribution in [-0.2, 0) is 22.4 Å². The number of fused-ring (bicyclic) bond motifs is 1. The molecule has 1 amide bonds. The number of benzene rings is 2. The van der Waals surface area contributed by atoms with Gasteiger partial charge in [-0.3, -0.25) is 14.9 Å². The van der Waals surface area contributed by atoms with Crippen molar-refractivity contribution in [2.75, 3.05) is 6.54 Å². The van der Waals surface area contributed by atoms with E-state index in [0.717, 1.165) is 5.56 Å². The Morgan fingerprint density at radius 1 is 1.19 bits per heavy atom. The number of carbonyl (C=O) groups excluding carboxylic acids is 1. The molecule has 1 unspecified atom stereocenters. The van der Waals surface area contributed by atoms with Gasteiger partial charge < -0.3 is 10.0 Å². The summed E-state index contributed by atoms with van der Waals surface area (Å²) in [4.78, 5) is 36.2. The van der Waals surface area contributed by atoms with Gasteiger partial charge in [0.15, 0.2) is 6.04 Å². The third kappa shape index (κ3) is 3.56. The van der Waals surface area contributed by atoms with Crippen LogP contribution < -0.4 is 0 Å². The molecule has 1 heterocycles. The fourth-order valence-electron chi connectivity index (χ4n) is 3.32. The number of carboxylic acid groups (broad SMARTS) is 1. The summed E-state index contributed by atoms with van der Waals surface area (Å²) < 4.78 is 0. The van der Waals surface area contributed by atoms with Crippen LogP contribution in [0, 0.1) is 10.1 Å². The van der Waals surface area contributed by atoms with Crippen molar-refractivity contribution >= 4 is 17.6 Å². The molecule has 0 spiro atoms. The van der Waals surface area contributed by atoms with E-state index >= 15 is 0 Å². The SMILES string of the molecule is O=C(O)C1c2ccccc2CCN1C(=O)CCc1cccc([N+](=O)[O-])c1. The van der Waals surface area contributed by atoms with Crippen molar-refractivity contribution in [2.45, 2.75) is 25.3 Å². The standard InChI is InChI=1S/C19H18N2O5/c22-17(9-8-13-4-3-6-15(12-13)21(25)26)20-11-10-14-5-1-2-7-16(14)18(20)19(23)24/h1-7,12,18H,8-11H2,(H,23,24). The van der Waals surface area contributed by atoms with E-state index in [1.807, 2.05) is 12.1 Å². The quantitative estimate of drug-likeness (QED) is 0.657. The summed E-state index contributed by atoms with van der Waals surface area (Å²) in [5.74, 6) is -1.32. The van der Waals surface area contributed by atoms with E-state index in [0.29, 0.717) is 30.5 Å². The second-order valence-corrected chi connectivity index (χ2v) is 6.20. The maximum absolute atomic E-state index is 12.6. The minimum absolute atomic E-state index is 0.0229. The fraction of sp³-hybridized carbons (Fsp3) is 0.263.